The molecule has 8 nitrogen and oxygen atoms in total. The number of carbonyl (C=O) groups is 2. The highest BCUT2D eigenvalue weighted by Crippen LogP contribution is 2.36. The molecule has 0 spiro atoms. The number of nitrogens with zero attached hydrogens (tertiary/aromatic N) is 1. The first-order valence-corrected chi connectivity index (χ1v) is 9.79. The Morgan fingerprint density at radius 2 is 1.75 bits per heavy atom. The average molecular weight is 494 g/mol. The number of alkyl halides is 3. The van der Waals surface area contributed by atoms with E-state index in [9.17, 15) is 32.9 Å². The number of benzene rings is 2. The molecular formula is C19H18Cl2F3N4O4+. The van der Waals surface area contributed by atoms with Gasteiger partial charge in [-0.1, -0.05) is 23.2 Å². The van der Waals surface area contributed by atoms with Gasteiger partial charge in [-0.05, 0) is 31.2 Å². The largest absolute Gasteiger partial charge is 0.417 e. The van der Waals surface area contributed by atoms with Crippen molar-refractivity contribution in [1.82, 2.24) is 0 Å². The van der Waals surface area contributed by atoms with Gasteiger partial charge in [-0.15, -0.1) is 0 Å². The van der Waals surface area contributed by atoms with Crippen LogP contribution in [0.1, 0.15) is 12.5 Å². The zero-order valence-corrected chi connectivity index (χ0v) is 18.2. The second-order valence-electron chi connectivity index (χ2n) is 6.90. The van der Waals surface area contributed by atoms with E-state index < -0.39 is 39.5 Å². The van der Waals surface area contributed by atoms with Gasteiger partial charge in [-0.3, -0.25) is 19.7 Å². The van der Waals surface area contributed by atoms with Gasteiger partial charge in [0.15, 0.2) is 12.6 Å². The van der Waals surface area contributed by atoms with Crippen LogP contribution in [0.2, 0.25) is 10.0 Å². The molecule has 0 saturated heterocycles. The molecule has 2 amide bonds. The van der Waals surface area contributed by atoms with E-state index in [0.29, 0.717) is 4.90 Å². The highest BCUT2D eigenvalue weighted by atomic mass is 35.5. The molecule has 1 unspecified atom stereocenters. The third-order valence-electron chi connectivity index (χ3n) is 4.55. The van der Waals surface area contributed by atoms with E-state index in [1.165, 1.54) is 32.2 Å². The number of carbonyl (C=O) groups excluding carboxylic acids is 2. The maximum Gasteiger partial charge on any atom is 0.417 e. The van der Waals surface area contributed by atoms with Crippen LogP contribution in [-0.4, -0.2) is 36.4 Å². The van der Waals surface area contributed by atoms with Crippen LogP contribution >= 0.6 is 23.2 Å². The molecule has 0 aromatic heterocycles. The standard InChI is InChI=1S/C19H17Cl2F3N4O4/c1-10(18(30)26-16-8-12(28(31)32)4-6-15(16)21)27(2)9-17(29)25-11-3-5-14(20)13(7-11)19(22,23)24/h3-8,10H,9H2,1-2H3,(H,25,29)(H,26,30)/p+1/t10-/m1/s1. The number of amides is 2. The molecule has 0 bridgehead atoms. The first kappa shape index (κ1) is 25.4. The number of anilines is 2. The summed E-state index contributed by atoms with van der Waals surface area (Å²) in [6.45, 7) is 1.26. The van der Waals surface area contributed by atoms with Gasteiger partial charge in [0.2, 0.25) is 0 Å². The number of nitrogens with one attached hydrogen (secondary N) is 3. The molecule has 0 aliphatic carbocycles. The molecule has 2 atom stereocenters. The molecule has 32 heavy (non-hydrogen) atoms. The van der Waals surface area contributed by atoms with Crippen LogP contribution in [0.4, 0.5) is 30.2 Å². The van der Waals surface area contributed by atoms with Gasteiger partial charge >= 0.3 is 6.18 Å². The van der Waals surface area contributed by atoms with Crippen LogP contribution in [0.15, 0.2) is 36.4 Å². The summed E-state index contributed by atoms with van der Waals surface area (Å²) in [6.07, 6.45) is -4.68. The molecule has 0 fully saturated rings. The molecule has 0 radical (unpaired) electrons. The smallest absolute Gasteiger partial charge is 0.321 e. The monoisotopic (exact) mass is 493 g/mol. The van der Waals surface area contributed by atoms with Gasteiger partial charge in [0.05, 0.1) is 33.3 Å². The minimum absolute atomic E-state index is 0.0378. The molecule has 0 saturated carbocycles. The minimum Gasteiger partial charge on any atom is -0.321 e. The quantitative estimate of drug-likeness (QED) is 0.405. The highest BCUT2D eigenvalue weighted by Gasteiger charge is 2.33. The number of hydrogen-bond acceptors (Lipinski definition) is 4. The van der Waals surface area contributed by atoms with E-state index in [1.807, 2.05) is 0 Å². The lowest BCUT2D eigenvalue weighted by molar-refractivity contribution is -0.885. The normalized spacial score (nSPS) is 13.2. The average Bonchev–Trinajstić information content (AvgIpc) is 2.69. The third-order valence-corrected chi connectivity index (χ3v) is 5.21. The van der Waals surface area contributed by atoms with Crippen molar-refractivity contribution in [2.75, 3.05) is 24.2 Å². The van der Waals surface area contributed by atoms with Crippen LogP contribution in [0.3, 0.4) is 0 Å². The number of hydrogen-bond donors (Lipinski definition) is 3. The highest BCUT2D eigenvalue weighted by molar-refractivity contribution is 6.33. The fourth-order valence-corrected chi connectivity index (χ4v) is 3.01. The number of non-ortho nitro benzene ring substituents is 1. The molecule has 2 rings (SSSR count). The number of halogens is 5. The van der Waals surface area contributed by atoms with E-state index in [2.05, 4.69) is 10.6 Å². The Bertz CT molecular complexity index is 1050. The molecule has 0 heterocycles. The van der Waals surface area contributed by atoms with E-state index in [-0.39, 0.29) is 28.6 Å². The fraction of sp³-hybridized carbons (Fsp3) is 0.263. The molecule has 13 heteroatoms. The maximum absolute atomic E-state index is 13.0. The van der Waals surface area contributed by atoms with Crippen molar-refractivity contribution in [2.45, 2.75) is 19.1 Å². The Kier molecular flexibility index (Phi) is 8.05. The number of rotatable bonds is 7. The SMILES string of the molecule is C[C@H](C(=O)Nc1cc([N+](=O)[O-])ccc1Cl)[NH+](C)CC(=O)Nc1ccc(Cl)c(C(F)(F)F)c1. The van der Waals surface area contributed by atoms with Crippen molar-refractivity contribution >= 4 is 52.1 Å². The van der Waals surface area contributed by atoms with Gasteiger partial charge in [0.25, 0.3) is 17.5 Å². The molecule has 0 aliphatic rings. The van der Waals surface area contributed by atoms with E-state index in [0.717, 1.165) is 18.2 Å². The van der Waals surface area contributed by atoms with Crippen molar-refractivity contribution in [2.24, 2.45) is 0 Å². The Hall–Kier alpha value is -2.89. The van der Waals surface area contributed by atoms with Crippen molar-refractivity contribution in [3.8, 4) is 0 Å². The summed E-state index contributed by atoms with van der Waals surface area (Å²) in [5, 5.41) is 15.3. The lowest BCUT2D eigenvalue weighted by Gasteiger charge is -2.21. The predicted octanol–water partition coefficient (Wildman–Crippen LogP) is 3.40. The van der Waals surface area contributed by atoms with Gasteiger partial charge < -0.3 is 15.5 Å². The van der Waals surface area contributed by atoms with Crippen LogP contribution in [0.5, 0.6) is 0 Å². The topological polar surface area (TPSA) is 106 Å². The summed E-state index contributed by atoms with van der Waals surface area (Å²) < 4.78 is 38.9. The maximum atomic E-state index is 13.0. The summed E-state index contributed by atoms with van der Waals surface area (Å²) in [4.78, 5) is 35.4. The first-order valence-electron chi connectivity index (χ1n) is 9.03. The Balaban J connectivity index is 2.02. The molecular weight excluding hydrogens is 476 g/mol. The number of nitro benzene ring substituents is 1. The van der Waals surface area contributed by atoms with Crippen molar-refractivity contribution in [3.05, 3.63) is 62.1 Å². The van der Waals surface area contributed by atoms with E-state index in [1.54, 1.807) is 0 Å². The number of likely N-dealkylation sites (N-methyl/N-ethyl adjacent to an activating group) is 1. The molecule has 3 N–H and O–H groups in total. The number of nitro groups is 1. The lowest BCUT2D eigenvalue weighted by atomic mass is 10.2. The molecule has 2 aromatic carbocycles. The van der Waals surface area contributed by atoms with Gasteiger partial charge in [0, 0.05) is 17.8 Å². The summed E-state index contributed by atoms with van der Waals surface area (Å²) in [5.41, 5.74) is -1.41. The Morgan fingerprint density at radius 1 is 1.12 bits per heavy atom. The third kappa shape index (κ3) is 6.55. The fourth-order valence-electron chi connectivity index (χ4n) is 2.62. The minimum atomic E-state index is -4.68. The van der Waals surface area contributed by atoms with Crippen LogP contribution < -0.4 is 15.5 Å². The first-order chi connectivity index (χ1) is 14.8. The summed E-state index contributed by atoms with van der Waals surface area (Å²) in [5.74, 6) is -1.20. The molecule has 2 aromatic rings. The Morgan fingerprint density at radius 3 is 2.34 bits per heavy atom. The van der Waals surface area contributed by atoms with Crippen molar-refractivity contribution in [3.63, 3.8) is 0 Å². The second kappa shape index (κ2) is 10.2. The molecule has 172 valence electrons. The lowest BCUT2D eigenvalue weighted by Crippen LogP contribution is -3.14. The van der Waals surface area contributed by atoms with Gasteiger partial charge in [-0.2, -0.15) is 13.2 Å². The second-order valence-corrected chi connectivity index (χ2v) is 7.71. The zero-order valence-electron chi connectivity index (χ0n) is 16.7. The van der Waals surface area contributed by atoms with E-state index in [4.69, 9.17) is 23.2 Å². The van der Waals surface area contributed by atoms with E-state index >= 15 is 0 Å². The van der Waals surface area contributed by atoms with Crippen LogP contribution in [0.25, 0.3) is 0 Å². The summed E-state index contributed by atoms with van der Waals surface area (Å²) in [6, 6.07) is 5.73. The number of quaternary nitrogens is 1. The summed E-state index contributed by atoms with van der Waals surface area (Å²) in [7, 11) is 1.53. The predicted molar refractivity (Wildman–Crippen MR) is 113 cm³/mol. The molecule has 0 aliphatic heterocycles. The van der Waals surface area contributed by atoms with Crippen LogP contribution in [0, 0.1) is 10.1 Å². The van der Waals surface area contributed by atoms with Gasteiger partial charge in [-0.25, -0.2) is 0 Å². The zero-order chi connectivity index (χ0) is 24.2. The van der Waals surface area contributed by atoms with Crippen LogP contribution in [-0.2, 0) is 15.8 Å². The van der Waals surface area contributed by atoms with Crippen molar-refractivity contribution in [1.29, 1.82) is 0 Å². The summed E-state index contributed by atoms with van der Waals surface area (Å²) >= 11 is 11.5. The van der Waals surface area contributed by atoms with Crippen molar-refractivity contribution < 1.29 is 32.6 Å². The van der Waals surface area contributed by atoms with Gasteiger partial charge in [0.1, 0.15) is 0 Å². The Labute approximate surface area is 190 Å².